The number of hydrogen-bond donors (Lipinski definition) is 3. The Morgan fingerprint density at radius 2 is 2.24 bits per heavy atom. The molecular formula is C14H18N4O3. The maximum Gasteiger partial charge on any atom is 0.411 e. The summed E-state index contributed by atoms with van der Waals surface area (Å²) in [5.74, 6) is 0. The van der Waals surface area contributed by atoms with Crippen LogP contribution >= 0.6 is 0 Å². The van der Waals surface area contributed by atoms with Gasteiger partial charge in [0.15, 0.2) is 0 Å². The van der Waals surface area contributed by atoms with Crippen LogP contribution in [0.4, 0.5) is 16.2 Å². The number of rotatable bonds is 6. The number of anilines is 2. The number of aliphatic hydroxyl groups excluding tert-OH is 1. The van der Waals surface area contributed by atoms with Gasteiger partial charge in [-0.2, -0.15) is 5.10 Å². The van der Waals surface area contributed by atoms with Crippen molar-refractivity contribution in [3.8, 4) is 0 Å². The fraction of sp³-hybridized carbons (Fsp3) is 0.286. The van der Waals surface area contributed by atoms with Gasteiger partial charge in [-0.25, -0.2) is 4.79 Å². The summed E-state index contributed by atoms with van der Waals surface area (Å²) in [5.41, 5.74) is 2.54. The number of nitrogens with zero attached hydrogens (tertiary/aromatic N) is 2. The minimum atomic E-state index is -0.502. The van der Waals surface area contributed by atoms with Crippen molar-refractivity contribution in [2.24, 2.45) is 0 Å². The molecule has 21 heavy (non-hydrogen) atoms. The number of hydrogen-bond acceptors (Lipinski definition) is 5. The number of methoxy groups -OCH3 is 1. The third-order valence-corrected chi connectivity index (χ3v) is 2.81. The van der Waals surface area contributed by atoms with Crippen molar-refractivity contribution >= 4 is 17.5 Å². The second-order valence-corrected chi connectivity index (χ2v) is 4.39. The van der Waals surface area contributed by atoms with Gasteiger partial charge in [-0.15, -0.1) is 0 Å². The third-order valence-electron chi connectivity index (χ3n) is 2.81. The molecule has 0 aliphatic rings. The van der Waals surface area contributed by atoms with Crippen LogP contribution in [0, 0.1) is 0 Å². The largest absolute Gasteiger partial charge is 0.453 e. The lowest BCUT2D eigenvalue weighted by atomic mass is 10.2. The summed E-state index contributed by atoms with van der Waals surface area (Å²) >= 11 is 0. The molecule has 0 bridgehead atoms. The molecule has 1 amide bonds. The van der Waals surface area contributed by atoms with Crippen LogP contribution in [0.3, 0.4) is 0 Å². The third kappa shape index (κ3) is 4.50. The number of nitrogens with one attached hydrogen (secondary N) is 2. The van der Waals surface area contributed by atoms with E-state index in [0.29, 0.717) is 18.8 Å². The van der Waals surface area contributed by atoms with Crippen LogP contribution in [0.5, 0.6) is 0 Å². The first kappa shape index (κ1) is 14.9. The molecule has 7 heteroatoms. The normalized spacial score (nSPS) is 10.2. The van der Waals surface area contributed by atoms with Crippen LogP contribution in [0.15, 0.2) is 36.7 Å². The highest BCUT2D eigenvalue weighted by molar-refractivity contribution is 5.85. The van der Waals surface area contributed by atoms with Gasteiger partial charge in [0.25, 0.3) is 0 Å². The smallest absolute Gasteiger partial charge is 0.411 e. The van der Waals surface area contributed by atoms with E-state index in [1.165, 1.54) is 7.11 Å². The molecule has 1 aromatic carbocycles. The molecule has 0 fully saturated rings. The number of ether oxygens (including phenoxy) is 1. The van der Waals surface area contributed by atoms with Crippen LogP contribution in [-0.4, -0.2) is 34.7 Å². The Kier molecular flexibility index (Phi) is 5.16. The lowest BCUT2D eigenvalue weighted by molar-refractivity contribution is 0.187. The molecule has 0 radical (unpaired) electrons. The van der Waals surface area contributed by atoms with E-state index in [1.807, 2.05) is 24.4 Å². The first-order valence-electron chi connectivity index (χ1n) is 6.52. The van der Waals surface area contributed by atoms with Gasteiger partial charge in [0.05, 0.1) is 26.5 Å². The molecule has 0 saturated heterocycles. The average Bonchev–Trinajstić information content (AvgIpc) is 2.93. The van der Waals surface area contributed by atoms with Gasteiger partial charge in [0, 0.05) is 29.7 Å². The second kappa shape index (κ2) is 7.30. The average molecular weight is 290 g/mol. The molecule has 1 aromatic heterocycles. The highest BCUT2D eigenvalue weighted by Gasteiger charge is 2.02. The first-order valence-corrected chi connectivity index (χ1v) is 6.52. The summed E-state index contributed by atoms with van der Waals surface area (Å²) < 4.78 is 6.23. The van der Waals surface area contributed by atoms with Crippen molar-refractivity contribution in [3.63, 3.8) is 0 Å². The molecule has 0 aliphatic heterocycles. The fourth-order valence-electron chi connectivity index (χ4n) is 1.80. The number of aliphatic hydroxyl groups is 1. The summed E-state index contributed by atoms with van der Waals surface area (Å²) in [6.07, 6.45) is 3.12. The Hall–Kier alpha value is -2.54. The summed E-state index contributed by atoms with van der Waals surface area (Å²) in [5, 5.41) is 18.8. The molecule has 3 N–H and O–H groups in total. The highest BCUT2D eigenvalue weighted by Crippen LogP contribution is 2.16. The van der Waals surface area contributed by atoms with Crippen LogP contribution < -0.4 is 10.6 Å². The predicted octanol–water partition coefficient (Wildman–Crippen LogP) is 1.67. The summed E-state index contributed by atoms with van der Waals surface area (Å²) in [7, 11) is 1.32. The van der Waals surface area contributed by atoms with Gasteiger partial charge in [0.2, 0.25) is 0 Å². The Bertz CT molecular complexity index is 597. The lowest BCUT2D eigenvalue weighted by Crippen LogP contribution is -2.11. The maximum absolute atomic E-state index is 11.2. The first-order chi connectivity index (χ1) is 10.2. The molecule has 1 heterocycles. The van der Waals surface area contributed by atoms with Crippen molar-refractivity contribution < 1.29 is 14.6 Å². The zero-order valence-corrected chi connectivity index (χ0v) is 11.7. The Morgan fingerprint density at radius 1 is 1.43 bits per heavy atom. The van der Waals surface area contributed by atoms with Crippen molar-refractivity contribution in [2.75, 3.05) is 24.4 Å². The number of benzene rings is 1. The number of carbonyl (C=O) groups excluding carboxylic acids is 1. The minimum Gasteiger partial charge on any atom is -0.453 e. The Balaban J connectivity index is 1.93. The van der Waals surface area contributed by atoms with E-state index in [0.717, 1.165) is 11.3 Å². The Labute approximate surface area is 122 Å². The van der Waals surface area contributed by atoms with Gasteiger partial charge >= 0.3 is 6.09 Å². The van der Waals surface area contributed by atoms with Gasteiger partial charge in [0.1, 0.15) is 0 Å². The summed E-state index contributed by atoms with van der Waals surface area (Å²) in [6, 6.07) is 7.33. The topological polar surface area (TPSA) is 88.4 Å². The van der Waals surface area contributed by atoms with Gasteiger partial charge in [-0.1, -0.05) is 6.07 Å². The maximum atomic E-state index is 11.2. The van der Waals surface area contributed by atoms with Crippen molar-refractivity contribution in [1.29, 1.82) is 0 Å². The minimum absolute atomic E-state index is 0.0653. The van der Waals surface area contributed by atoms with E-state index in [1.54, 1.807) is 16.9 Å². The summed E-state index contributed by atoms with van der Waals surface area (Å²) in [6.45, 7) is 1.15. The van der Waals surface area contributed by atoms with Crippen LogP contribution in [0.25, 0.3) is 0 Å². The van der Waals surface area contributed by atoms with E-state index in [4.69, 9.17) is 5.11 Å². The zero-order chi connectivity index (χ0) is 15.1. The standard InChI is InChI=1S/C14H18N4O3/c1-21-14(20)17-13-4-2-3-12(7-13)15-8-11-9-16-18(10-11)5-6-19/h2-4,7,9-10,15,19H,5-6,8H2,1H3,(H,17,20). The number of carbonyl (C=O) groups is 1. The molecule has 2 aromatic rings. The van der Waals surface area contributed by atoms with Crippen LogP contribution in [-0.2, 0) is 17.8 Å². The molecule has 0 saturated carbocycles. The summed E-state index contributed by atoms with van der Waals surface area (Å²) in [4.78, 5) is 11.2. The van der Waals surface area contributed by atoms with E-state index in [-0.39, 0.29) is 6.61 Å². The molecule has 0 aliphatic carbocycles. The van der Waals surface area contributed by atoms with E-state index >= 15 is 0 Å². The molecule has 7 nitrogen and oxygen atoms in total. The quantitative estimate of drug-likeness (QED) is 0.753. The van der Waals surface area contributed by atoms with Crippen molar-refractivity contribution in [1.82, 2.24) is 9.78 Å². The van der Waals surface area contributed by atoms with Crippen LogP contribution in [0.2, 0.25) is 0 Å². The molecule has 112 valence electrons. The van der Waals surface area contributed by atoms with Gasteiger partial charge < -0.3 is 15.2 Å². The highest BCUT2D eigenvalue weighted by atomic mass is 16.5. The number of amides is 1. The van der Waals surface area contributed by atoms with Crippen molar-refractivity contribution in [2.45, 2.75) is 13.1 Å². The molecule has 0 atom stereocenters. The Morgan fingerprint density at radius 3 is 3.00 bits per heavy atom. The zero-order valence-electron chi connectivity index (χ0n) is 11.7. The van der Waals surface area contributed by atoms with E-state index < -0.39 is 6.09 Å². The monoisotopic (exact) mass is 290 g/mol. The lowest BCUT2D eigenvalue weighted by Gasteiger charge is -2.08. The predicted molar refractivity (Wildman–Crippen MR) is 79.1 cm³/mol. The molecule has 0 unspecified atom stereocenters. The van der Waals surface area contributed by atoms with Crippen LogP contribution in [0.1, 0.15) is 5.56 Å². The fourth-order valence-corrected chi connectivity index (χ4v) is 1.80. The van der Waals surface area contributed by atoms with Gasteiger partial charge in [-0.05, 0) is 18.2 Å². The second-order valence-electron chi connectivity index (χ2n) is 4.39. The number of aromatic nitrogens is 2. The molecular weight excluding hydrogens is 272 g/mol. The van der Waals surface area contributed by atoms with Crippen molar-refractivity contribution in [3.05, 3.63) is 42.2 Å². The molecule has 0 spiro atoms. The van der Waals surface area contributed by atoms with E-state index in [2.05, 4.69) is 20.5 Å². The molecule has 2 rings (SSSR count). The van der Waals surface area contributed by atoms with Gasteiger partial charge in [-0.3, -0.25) is 10.00 Å². The SMILES string of the molecule is COC(=O)Nc1cccc(NCc2cnn(CCO)c2)c1. The van der Waals surface area contributed by atoms with E-state index in [9.17, 15) is 4.79 Å².